The van der Waals surface area contributed by atoms with E-state index >= 15 is 0 Å². The van der Waals surface area contributed by atoms with Crippen LogP contribution in [0.25, 0.3) is 0 Å². The van der Waals surface area contributed by atoms with Gasteiger partial charge in [0.25, 0.3) is 0 Å². The highest BCUT2D eigenvalue weighted by Gasteiger charge is 2.29. The lowest BCUT2D eigenvalue weighted by Crippen LogP contribution is -2.05. The van der Waals surface area contributed by atoms with E-state index in [1.54, 1.807) is 6.92 Å². The number of alkyl halides is 3. The summed E-state index contributed by atoms with van der Waals surface area (Å²) >= 11 is 0. The van der Waals surface area contributed by atoms with Crippen LogP contribution in [0.4, 0.5) is 18.9 Å². The predicted molar refractivity (Wildman–Crippen MR) is 69.8 cm³/mol. The first kappa shape index (κ1) is 13.3. The van der Waals surface area contributed by atoms with Gasteiger partial charge in [-0.15, -0.1) is 0 Å². The first-order valence-corrected chi connectivity index (χ1v) is 5.75. The normalized spacial score (nSPS) is 12.5. The lowest BCUT2D eigenvalue weighted by molar-refractivity contribution is -0.137. The quantitative estimate of drug-likeness (QED) is 0.687. The largest absolute Gasteiger partial charge is 0.416 e. The Morgan fingerprint density at radius 3 is 2.00 bits per heavy atom. The number of para-hydroxylation sites is 1. The predicted octanol–water partition coefficient (Wildman–Crippen LogP) is 4.85. The van der Waals surface area contributed by atoms with Crippen LogP contribution < -0.4 is 0 Å². The number of halogens is 3. The number of rotatable bonds is 2. The van der Waals surface area contributed by atoms with Crippen molar-refractivity contribution in [2.45, 2.75) is 13.1 Å². The van der Waals surface area contributed by atoms with Gasteiger partial charge in [-0.1, -0.05) is 30.3 Å². The molecule has 2 rings (SSSR count). The van der Waals surface area contributed by atoms with Crippen molar-refractivity contribution in [3.63, 3.8) is 0 Å². The van der Waals surface area contributed by atoms with E-state index in [-0.39, 0.29) is 0 Å². The van der Waals surface area contributed by atoms with Crippen LogP contribution in [-0.2, 0) is 6.18 Å². The highest BCUT2D eigenvalue weighted by molar-refractivity contribution is 6.00. The average Bonchev–Trinajstić information content (AvgIpc) is 2.39. The van der Waals surface area contributed by atoms with E-state index in [0.717, 1.165) is 17.8 Å². The van der Waals surface area contributed by atoms with Crippen LogP contribution in [0.5, 0.6) is 0 Å². The molecule has 0 heterocycles. The van der Waals surface area contributed by atoms with Crippen molar-refractivity contribution in [1.82, 2.24) is 0 Å². The Balaban J connectivity index is 2.25. The second kappa shape index (κ2) is 5.26. The van der Waals surface area contributed by atoms with Gasteiger partial charge in [0.05, 0.1) is 11.3 Å². The molecule has 0 fully saturated rings. The molecule has 0 unspecified atom stereocenters. The van der Waals surface area contributed by atoms with Crippen LogP contribution in [0.15, 0.2) is 59.6 Å². The number of aliphatic imine (C=N–C) groups is 1. The molecular formula is C15H12F3N. The molecule has 98 valence electrons. The molecule has 0 atom stereocenters. The lowest BCUT2D eigenvalue weighted by Gasteiger charge is -2.07. The molecule has 0 bridgehead atoms. The Labute approximate surface area is 109 Å². The Morgan fingerprint density at radius 1 is 0.895 bits per heavy atom. The summed E-state index contributed by atoms with van der Waals surface area (Å²) in [5, 5.41) is 0. The number of benzene rings is 2. The third-order valence-corrected chi connectivity index (χ3v) is 2.68. The van der Waals surface area contributed by atoms with E-state index in [2.05, 4.69) is 4.99 Å². The van der Waals surface area contributed by atoms with E-state index in [1.165, 1.54) is 12.1 Å². The van der Waals surface area contributed by atoms with E-state index in [1.807, 2.05) is 30.3 Å². The molecule has 0 radical (unpaired) electrons. The maximum Gasteiger partial charge on any atom is 0.416 e. The van der Waals surface area contributed by atoms with Crippen molar-refractivity contribution in [3.05, 3.63) is 65.7 Å². The van der Waals surface area contributed by atoms with Crippen molar-refractivity contribution in [3.8, 4) is 0 Å². The van der Waals surface area contributed by atoms with E-state index in [9.17, 15) is 13.2 Å². The summed E-state index contributed by atoms with van der Waals surface area (Å²) in [4.78, 5) is 4.36. The van der Waals surface area contributed by atoms with Gasteiger partial charge >= 0.3 is 6.18 Å². The summed E-state index contributed by atoms with van der Waals surface area (Å²) < 4.78 is 37.3. The zero-order chi connectivity index (χ0) is 13.9. The number of hydrogen-bond donors (Lipinski definition) is 0. The smallest absolute Gasteiger partial charge is 0.253 e. The molecule has 4 heteroatoms. The van der Waals surface area contributed by atoms with Gasteiger partial charge < -0.3 is 0 Å². The zero-order valence-corrected chi connectivity index (χ0v) is 10.3. The number of nitrogens with zero attached hydrogens (tertiary/aromatic N) is 1. The van der Waals surface area contributed by atoms with Crippen LogP contribution in [0.1, 0.15) is 18.1 Å². The lowest BCUT2D eigenvalue weighted by atomic mass is 10.1. The molecule has 0 aliphatic rings. The molecule has 2 aromatic rings. The summed E-state index contributed by atoms with van der Waals surface area (Å²) in [5.41, 5.74) is 1.49. The van der Waals surface area contributed by atoms with Crippen LogP contribution in [-0.4, -0.2) is 5.71 Å². The van der Waals surface area contributed by atoms with E-state index in [4.69, 9.17) is 0 Å². The minimum Gasteiger partial charge on any atom is -0.253 e. The third kappa shape index (κ3) is 3.44. The number of hydrogen-bond acceptors (Lipinski definition) is 1. The van der Waals surface area contributed by atoms with Crippen molar-refractivity contribution < 1.29 is 13.2 Å². The van der Waals surface area contributed by atoms with Crippen molar-refractivity contribution in [1.29, 1.82) is 0 Å². The molecule has 0 aliphatic carbocycles. The van der Waals surface area contributed by atoms with Crippen molar-refractivity contribution in [2.75, 3.05) is 0 Å². The average molecular weight is 263 g/mol. The standard InChI is InChI=1S/C15H12F3N/c1-11(19-14-5-3-2-4-6-14)12-7-9-13(10-8-12)15(16,17)18/h2-10H,1H3/b19-11+. The van der Waals surface area contributed by atoms with Crippen molar-refractivity contribution in [2.24, 2.45) is 4.99 Å². The van der Waals surface area contributed by atoms with Gasteiger partial charge in [-0.2, -0.15) is 13.2 Å². The van der Waals surface area contributed by atoms with Gasteiger partial charge in [-0.3, -0.25) is 4.99 Å². The Hall–Kier alpha value is -2.10. The van der Waals surface area contributed by atoms with Gasteiger partial charge in [-0.25, -0.2) is 0 Å². The van der Waals surface area contributed by atoms with E-state index < -0.39 is 11.7 Å². The van der Waals surface area contributed by atoms with Gasteiger partial charge in [0, 0.05) is 5.71 Å². The summed E-state index contributed by atoms with van der Waals surface area (Å²) in [5.74, 6) is 0. The van der Waals surface area contributed by atoms with E-state index in [0.29, 0.717) is 11.3 Å². The SMILES string of the molecule is C/C(=N\c1ccccc1)c1ccc(C(F)(F)F)cc1. The summed E-state index contributed by atoms with van der Waals surface area (Å²) in [7, 11) is 0. The monoisotopic (exact) mass is 263 g/mol. The second-order valence-corrected chi connectivity index (χ2v) is 4.11. The van der Waals surface area contributed by atoms with Gasteiger partial charge in [0.15, 0.2) is 0 Å². The van der Waals surface area contributed by atoms with Gasteiger partial charge in [-0.05, 0) is 36.8 Å². The molecule has 19 heavy (non-hydrogen) atoms. The second-order valence-electron chi connectivity index (χ2n) is 4.11. The fourth-order valence-electron chi connectivity index (χ4n) is 1.66. The van der Waals surface area contributed by atoms with Crippen molar-refractivity contribution >= 4 is 11.4 Å². The highest BCUT2D eigenvalue weighted by atomic mass is 19.4. The first-order chi connectivity index (χ1) is 8.97. The molecule has 0 spiro atoms. The van der Waals surface area contributed by atoms with Crippen LogP contribution in [0, 0.1) is 0 Å². The zero-order valence-electron chi connectivity index (χ0n) is 10.3. The molecule has 0 amide bonds. The minimum atomic E-state index is -4.30. The fraction of sp³-hybridized carbons (Fsp3) is 0.133. The topological polar surface area (TPSA) is 12.4 Å². The Bertz CT molecular complexity index is 569. The fourth-order valence-corrected chi connectivity index (χ4v) is 1.66. The summed E-state index contributed by atoms with van der Waals surface area (Å²) in [6.45, 7) is 1.77. The van der Waals surface area contributed by atoms with Crippen LogP contribution in [0.2, 0.25) is 0 Å². The van der Waals surface area contributed by atoms with Gasteiger partial charge in [0.2, 0.25) is 0 Å². The Kier molecular flexibility index (Phi) is 3.69. The third-order valence-electron chi connectivity index (χ3n) is 2.68. The molecule has 0 N–H and O–H groups in total. The molecule has 2 aromatic carbocycles. The Morgan fingerprint density at radius 2 is 1.47 bits per heavy atom. The maximum absolute atomic E-state index is 12.4. The van der Waals surface area contributed by atoms with Gasteiger partial charge in [0.1, 0.15) is 0 Å². The molecule has 0 saturated carbocycles. The minimum absolute atomic E-state index is 0.649. The summed E-state index contributed by atoms with van der Waals surface area (Å²) in [6, 6.07) is 14.3. The molecule has 0 aliphatic heterocycles. The van der Waals surface area contributed by atoms with Crippen LogP contribution in [0.3, 0.4) is 0 Å². The molecule has 1 nitrogen and oxygen atoms in total. The highest BCUT2D eigenvalue weighted by Crippen LogP contribution is 2.29. The molecule has 0 aromatic heterocycles. The first-order valence-electron chi connectivity index (χ1n) is 5.75. The van der Waals surface area contributed by atoms with Crippen LogP contribution >= 0.6 is 0 Å². The summed E-state index contributed by atoms with van der Waals surface area (Å²) in [6.07, 6.45) is -4.30. The maximum atomic E-state index is 12.4. The molecule has 0 saturated heterocycles. The molecular weight excluding hydrogens is 251 g/mol.